The van der Waals surface area contributed by atoms with Crippen LogP contribution in [0.1, 0.15) is 19.4 Å². The number of piperazine rings is 1. The van der Waals surface area contributed by atoms with Gasteiger partial charge in [-0.3, -0.25) is 0 Å². The molecule has 0 radical (unpaired) electrons. The van der Waals surface area contributed by atoms with E-state index >= 15 is 0 Å². The van der Waals surface area contributed by atoms with E-state index in [1.807, 2.05) is 12.1 Å². The van der Waals surface area contributed by atoms with Crippen molar-refractivity contribution in [3.63, 3.8) is 0 Å². The average Bonchev–Trinajstić information content (AvgIpc) is 2.27. The van der Waals surface area contributed by atoms with Gasteiger partial charge in [-0.15, -0.1) is 0 Å². The Labute approximate surface area is 101 Å². The number of halogens is 1. The molecule has 1 aromatic rings. The number of hydrogen-bond donors (Lipinski definition) is 1. The van der Waals surface area contributed by atoms with Crippen LogP contribution in [0.2, 0.25) is 0 Å². The zero-order valence-electron chi connectivity index (χ0n) is 10.1. The molecule has 1 saturated heterocycles. The van der Waals surface area contributed by atoms with Gasteiger partial charge >= 0.3 is 0 Å². The molecule has 1 aromatic carbocycles. The molecule has 2 unspecified atom stereocenters. The van der Waals surface area contributed by atoms with Gasteiger partial charge in [0.2, 0.25) is 0 Å². The van der Waals surface area contributed by atoms with Crippen molar-refractivity contribution in [3.05, 3.63) is 29.6 Å². The molecule has 17 heavy (non-hydrogen) atoms. The van der Waals surface area contributed by atoms with Crippen molar-refractivity contribution in [2.75, 3.05) is 18.0 Å². The van der Waals surface area contributed by atoms with Crippen LogP contribution in [0.25, 0.3) is 0 Å². The lowest BCUT2D eigenvalue weighted by Crippen LogP contribution is -2.54. The highest BCUT2D eigenvalue weighted by molar-refractivity contribution is 5.60. The van der Waals surface area contributed by atoms with E-state index in [0.717, 1.165) is 13.1 Å². The lowest BCUT2D eigenvalue weighted by molar-refractivity contribution is 0.406. The summed E-state index contributed by atoms with van der Waals surface area (Å²) in [7, 11) is 0. The van der Waals surface area contributed by atoms with E-state index in [9.17, 15) is 4.39 Å². The van der Waals surface area contributed by atoms with E-state index in [4.69, 9.17) is 5.26 Å². The molecule has 0 aliphatic carbocycles. The molecule has 2 atom stereocenters. The van der Waals surface area contributed by atoms with Gasteiger partial charge in [0.1, 0.15) is 17.4 Å². The van der Waals surface area contributed by atoms with Crippen LogP contribution < -0.4 is 10.2 Å². The molecule has 1 heterocycles. The Morgan fingerprint density at radius 2 is 2.00 bits per heavy atom. The van der Waals surface area contributed by atoms with Gasteiger partial charge < -0.3 is 10.2 Å². The van der Waals surface area contributed by atoms with Crippen molar-refractivity contribution in [1.29, 1.82) is 5.26 Å². The molecule has 1 aliphatic rings. The minimum absolute atomic E-state index is 0.147. The molecule has 0 spiro atoms. The summed E-state index contributed by atoms with van der Waals surface area (Å²) < 4.78 is 13.5. The van der Waals surface area contributed by atoms with Crippen LogP contribution >= 0.6 is 0 Å². The van der Waals surface area contributed by atoms with Crippen LogP contribution in [0.4, 0.5) is 10.1 Å². The lowest BCUT2D eigenvalue weighted by Gasteiger charge is -2.38. The van der Waals surface area contributed by atoms with Crippen LogP contribution in [0.3, 0.4) is 0 Å². The van der Waals surface area contributed by atoms with Gasteiger partial charge in [0, 0.05) is 25.2 Å². The topological polar surface area (TPSA) is 39.1 Å². The molecule has 3 nitrogen and oxygen atoms in total. The molecular weight excluding hydrogens is 217 g/mol. The predicted molar refractivity (Wildman–Crippen MR) is 65.4 cm³/mol. The third-order valence-corrected chi connectivity index (χ3v) is 3.00. The highest BCUT2D eigenvalue weighted by atomic mass is 19.1. The summed E-state index contributed by atoms with van der Waals surface area (Å²) in [5, 5.41) is 12.4. The third-order valence-electron chi connectivity index (χ3n) is 3.00. The highest BCUT2D eigenvalue weighted by Gasteiger charge is 2.23. The van der Waals surface area contributed by atoms with Crippen LogP contribution in [0, 0.1) is 17.1 Å². The van der Waals surface area contributed by atoms with Crippen molar-refractivity contribution < 1.29 is 4.39 Å². The summed E-state index contributed by atoms with van der Waals surface area (Å²) in [6.45, 7) is 5.77. The minimum Gasteiger partial charge on any atom is -0.367 e. The normalized spacial score (nSPS) is 24.5. The zero-order chi connectivity index (χ0) is 12.4. The first-order valence-electron chi connectivity index (χ1n) is 5.81. The Balaban J connectivity index is 2.34. The number of rotatable bonds is 1. The van der Waals surface area contributed by atoms with E-state index in [0.29, 0.717) is 17.8 Å². The number of nitrogens with zero attached hydrogens (tertiary/aromatic N) is 2. The monoisotopic (exact) mass is 233 g/mol. The van der Waals surface area contributed by atoms with Gasteiger partial charge in [-0.2, -0.15) is 5.26 Å². The second kappa shape index (κ2) is 4.72. The summed E-state index contributed by atoms with van der Waals surface area (Å²) in [5.41, 5.74) is 0.849. The molecule has 1 N–H and O–H groups in total. The van der Waals surface area contributed by atoms with Crippen molar-refractivity contribution >= 4 is 5.69 Å². The minimum atomic E-state index is -0.441. The Morgan fingerprint density at radius 3 is 2.59 bits per heavy atom. The van der Waals surface area contributed by atoms with Crippen molar-refractivity contribution in [2.45, 2.75) is 25.9 Å². The first-order chi connectivity index (χ1) is 8.11. The smallest absolute Gasteiger partial charge is 0.143 e. The highest BCUT2D eigenvalue weighted by Crippen LogP contribution is 2.24. The molecule has 4 heteroatoms. The molecule has 2 rings (SSSR count). The third kappa shape index (κ3) is 2.40. The number of hydrogen-bond acceptors (Lipinski definition) is 3. The fourth-order valence-corrected chi connectivity index (χ4v) is 2.41. The van der Waals surface area contributed by atoms with Gasteiger partial charge in [0.15, 0.2) is 0 Å². The summed E-state index contributed by atoms with van der Waals surface area (Å²) in [6, 6.07) is 7.43. The van der Waals surface area contributed by atoms with Gasteiger partial charge in [-0.05, 0) is 26.0 Å². The van der Waals surface area contributed by atoms with E-state index in [1.165, 1.54) is 6.07 Å². The Bertz CT molecular complexity index is 442. The van der Waals surface area contributed by atoms with Crippen molar-refractivity contribution in [2.24, 2.45) is 0 Å². The summed E-state index contributed by atoms with van der Waals surface area (Å²) in [6.07, 6.45) is 0. The van der Waals surface area contributed by atoms with Crippen LogP contribution in [-0.4, -0.2) is 25.2 Å². The van der Waals surface area contributed by atoms with Crippen LogP contribution in [-0.2, 0) is 0 Å². The molecule has 90 valence electrons. The number of benzene rings is 1. The van der Waals surface area contributed by atoms with Crippen LogP contribution in [0.15, 0.2) is 18.2 Å². The maximum absolute atomic E-state index is 13.5. The van der Waals surface area contributed by atoms with Crippen LogP contribution in [0.5, 0.6) is 0 Å². The second-order valence-electron chi connectivity index (χ2n) is 4.62. The van der Waals surface area contributed by atoms with Crippen molar-refractivity contribution in [3.8, 4) is 6.07 Å². The molecule has 1 aliphatic heterocycles. The largest absolute Gasteiger partial charge is 0.367 e. The fraction of sp³-hybridized carbons (Fsp3) is 0.462. The zero-order valence-corrected chi connectivity index (χ0v) is 10.1. The summed E-state index contributed by atoms with van der Waals surface area (Å²) in [4.78, 5) is 2.08. The number of nitrogens with one attached hydrogen (secondary N) is 1. The lowest BCUT2D eigenvalue weighted by atomic mass is 10.1. The van der Waals surface area contributed by atoms with Crippen molar-refractivity contribution in [1.82, 2.24) is 5.32 Å². The van der Waals surface area contributed by atoms with Gasteiger partial charge in [-0.1, -0.05) is 6.07 Å². The van der Waals surface area contributed by atoms with Gasteiger partial charge in [0.25, 0.3) is 0 Å². The van der Waals surface area contributed by atoms with E-state index in [1.54, 1.807) is 6.07 Å². The maximum Gasteiger partial charge on any atom is 0.143 e. The molecular formula is C13H16FN3. The standard InChI is InChI=1S/C13H16FN3/c1-9-7-17(8-10(2)16-9)13-5-3-4-12(14)11(13)6-15/h3-5,9-10,16H,7-8H2,1-2H3. The Morgan fingerprint density at radius 1 is 1.35 bits per heavy atom. The predicted octanol–water partition coefficient (Wildman–Crippen LogP) is 1.88. The van der Waals surface area contributed by atoms with E-state index in [-0.39, 0.29) is 5.56 Å². The second-order valence-corrected chi connectivity index (χ2v) is 4.62. The first kappa shape index (κ1) is 11.9. The number of nitriles is 1. The Hall–Kier alpha value is -1.60. The quantitative estimate of drug-likeness (QED) is 0.805. The molecule has 0 amide bonds. The van der Waals surface area contributed by atoms with E-state index < -0.39 is 5.82 Å². The summed E-state index contributed by atoms with van der Waals surface area (Å²) >= 11 is 0. The maximum atomic E-state index is 13.5. The van der Waals surface area contributed by atoms with Gasteiger partial charge in [0.05, 0.1) is 5.69 Å². The Kier molecular flexibility index (Phi) is 3.30. The van der Waals surface area contributed by atoms with E-state index in [2.05, 4.69) is 24.1 Å². The fourth-order valence-electron chi connectivity index (χ4n) is 2.41. The molecule has 0 bridgehead atoms. The number of anilines is 1. The molecule has 0 saturated carbocycles. The first-order valence-corrected chi connectivity index (χ1v) is 5.81. The SMILES string of the molecule is CC1CN(c2cccc(F)c2C#N)CC(C)N1. The summed E-state index contributed by atoms with van der Waals surface area (Å²) in [5.74, 6) is -0.441. The van der Waals surface area contributed by atoms with Gasteiger partial charge in [-0.25, -0.2) is 4.39 Å². The molecule has 1 fully saturated rings. The molecule has 0 aromatic heterocycles. The average molecular weight is 233 g/mol.